The third-order valence-electron chi connectivity index (χ3n) is 4.17. The highest BCUT2D eigenvalue weighted by Gasteiger charge is 2.29. The minimum atomic E-state index is -0.603. The molecule has 7 heteroatoms. The van der Waals surface area contributed by atoms with Crippen molar-refractivity contribution in [1.82, 2.24) is 4.90 Å². The van der Waals surface area contributed by atoms with Crippen LogP contribution in [0.4, 0.5) is 8.78 Å². The van der Waals surface area contributed by atoms with Crippen LogP contribution in [-0.4, -0.2) is 30.5 Å². The lowest BCUT2D eigenvalue weighted by molar-refractivity contribution is -0.0229. The van der Waals surface area contributed by atoms with Gasteiger partial charge >= 0.3 is 0 Å². The number of aryl methyl sites for hydroxylation is 1. The molecule has 0 saturated carbocycles. The number of morpholine rings is 1. The van der Waals surface area contributed by atoms with Crippen LogP contribution in [0.2, 0.25) is 10.0 Å². The van der Waals surface area contributed by atoms with E-state index in [4.69, 9.17) is 27.9 Å². The van der Waals surface area contributed by atoms with Gasteiger partial charge in [-0.2, -0.15) is 0 Å². The molecule has 0 bridgehead atoms. The number of halogens is 4. The van der Waals surface area contributed by atoms with Crippen LogP contribution >= 0.6 is 23.2 Å². The minimum Gasteiger partial charge on any atom is -0.370 e. The van der Waals surface area contributed by atoms with Crippen LogP contribution in [0.1, 0.15) is 27.6 Å². The molecule has 0 spiro atoms. The number of carbonyl (C=O) groups is 1. The van der Waals surface area contributed by atoms with E-state index < -0.39 is 17.7 Å². The molecule has 1 unspecified atom stereocenters. The van der Waals surface area contributed by atoms with E-state index in [9.17, 15) is 13.6 Å². The second-order valence-electron chi connectivity index (χ2n) is 5.86. The van der Waals surface area contributed by atoms with Gasteiger partial charge in [-0.15, -0.1) is 0 Å². The van der Waals surface area contributed by atoms with Crippen molar-refractivity contribution in [3.05, 3.63) is 68.7 Å². The Morgan fingerprint density at radius 2 is 1.96 bits per heavy atom. The Kier molecular flexibility index (Phi) is 5.27. The van der Waals surface area contributed by atoms with Gasteiger partial charge < -0.3 is 9.64 Å². The Morgan fingerprint density at radius 1 is 1.20 bits per heavy atom. The van der Waals surface area contributed by atoms with Gasteiger partial charge in [0.15, 0.2) is 0 Å². The number of amides is 1. The second kappa shape index (κ2) is 7.28. The molecular weight excluding hydrogens is 371 g/mol. The van der Waals surface area contributed by atoms with E-state index in [-0.39, 0.29) is 29.1 Å². The molecule has 2 aromatic rings. The number of nitrogens with zero attached hydrogens (tertiary/aromatic N) is 1. The van der Waals surface area contributed by atoms with E-state index in [1.165, 1.54) is 24.3 Å². The van der Waals surface area contributed by atoms with Crippen molar-refractivity contribution in [2.24, 2.45) is 0 Å². The normalized spacial score (nSPS) is 17.6. The summed E-state index contributed by atoms with van der Waals surface area (Å²) >= 11 is 11.9. The topological polar surface area (TPSA) is 29.5 Å². The van der Waals surface area contributed by atoms with Crippen LogP contribution < -0.4 is 0 Å². The zero-order chi connectivity index (χ0) is 18.1. The van der Waals surface area contributed by atoms with Crippen molar-refractivity contribution in [3.63, 3.8) is 0 Å². The highest BCUT2D eigenvalue weighted by atomic mass is 35.5. The van der Waals surface area contributed by atoms with E-state index in [2.05, 4.69) is 0 Å². The minimum absolute atomic E-state index is 0.0760. The third kappa shape index (κ3) is 3.78. The van der Waals surface area contributed by atoms with Gasteiger partial charge in [-0.25, -0.2) is 8.78 Å². The fourth-order valence-corrected chi connectivity index (χ4v) is 3.31. The van der Waals surface area contributed by atoms with Crippen molar-refractivity contribution in [2.75, 3.05) is 19.7 Å². The molecule has 1 fully saturated rings. The fourth-order valence-electron chi connectivity index (χ4n) is 2.80. The maximum Gasteiger partial charge on any atom is 0.254 e. The number of ether oxygens (including phenoxy) is 1. The van der Waals surface area contributed by atoms with Crippen molar-refractivity contribution in [1.29, 1.82) is 0 Å². The quantitative estimate of drug-likeness (QED) is 0.695. The average Bonchev–Trinajstić information content (AvgIpc) is 2.59. The molecule has 25 heavy (non-hydrogen) atoms. The van der Waals surface area contributed by atoms with E-state index in [1.807, 2.05) is 0 Å². The number of carbonyl (C=O) groups excluding carboxylic acids is 1. The molecule has 0 radical (unpaired) electrons. The molecule has 0 N–H and O–H groups in total. The van der Waals surface area contributed by atoms with Gasteiger partial charge in [0.25, 0.3) is 5.91 Å². The summed E-state index contributed by atoms with van der Waals surface area (Å²) in [5.41, 5.74) is 1.41. The highest BCUT2D eigenvalue weighted by Crippen LogP contribution is 2.32. The van der Waals surface area contributed by atoms with Gasteiger partial charge in [0.2, 0.25) is 0 Å². The Morgan fingerprint density at radius 3 is 2.72 bits per heavy atom. The molecule has 1 amide bonds. The Bertz CT molecular complexity index is 829. The van der Waals surface area contributed by atoms with Crippen LogP contribution in [0, 0.1) is 18.6 Å². The average molecular weight is 386 g/mol. The molecule has 1 aliphatic rings. The van der Waals surface area contributed by atoms with E-state index >= 15 is 0 Å². The zero-order valence-corrected chi connectivity index (χ0v) is 14.9. The SMILES string of the molecule is Cc1ccc(F)cc1C(=O)N1CCOC(c2cc(F)c(Cl)cc2Cl)C1. The molecule has 1 aliphatic heterocycles. The van der Waals surface area contributed by atoms with Gasteiger partial charge in [-0.1, -0.05) is 29.3 Å². The van der Waals surface area contributed by atoms with E-state index in [0.29, 0.717) is 23.2 Å². The molecule has 1 saturated heterocycles. The first-order chi connectivity index (χ1) is 11.9. The molecule has 3 nitrogen and oxygen atoms in total. The molecule has 2 aromatic carbocycles. The fraction of sp³-hybridized carbons (Fsp3) is 0.278. The smallest absolute Gasteiger partial charge is 0.254 e. The van der Waals surface area contributed by atoms with Crippen molar-refractivity contribution in [2.45, 2.75) is 13.0 Å². The number of rotatable bonds is 2. The van der Waals surface area contributed by atoms with Gasteiger partial charge in [-0.05, 0) is 36.8 Å². The Hall–Kier alpha value is -1.69. The summed E-state index contributed by atoms with van der Waals surface area (Å²) in [4.78, 5) is 14.3. The molecule has 1 heterocycles. The van der Waals surface area contributed by atoms with Crippen LogP contribution in [-0.2, 0) is 4.74 Å². The summed E-state index contributed by atoms with van der Waals surface area (Å²) in [5.74, 6) is -1.37. The summed E-state index contributed by atoms with van der Waals surface area (Å²) in [6.45, 7) is 2.57. The summed E-state index contributed by atoms with van der Waals surface area (Å²) < 4.78 is 32.9. The third-order valence-corrected chi connectivity index (χ3v) is 4.79. The van der Waals surface area contributed by atoms with Crippen molar-refractivity contribution >= 4 is 29.1 Å². The zero-order valence-electron chi connectivity index (χ0n) is 13.4. The predicted octanol–water partition coefficient (Wildman–Crippen LogP) is 4.79. The summed E-state index contributed by atoms with van der Waals surface area (Å²) in [7, 11) is 0. The molecule has 3 rings (SSSR count). The molecule has 0 aromatic heterocycles. The summed E-state index contributed by atoms with van der Waals surface area (Å²) in [6.07, 6.45) is -0.578. The van der Waals surface area contributed by atoms with Crippen LogP contribution in [0.25, 0.3) is 0 Å². The number of benzene rings is 2. The van der Waals surface area contributed by atoms with Gasteiger partial charge in [-0.3, -0.25) is 4.79 Å². The monoisotopic (exact) mass is 385 g/mol. The van der Waals surface area contributed by atoms with E-state index in [0.717, 1.165) is 0 Å². The first-order valence-corrected chi connectivity index (χ1v) is 8.44. The Labute approximate surface area is 154 Å². The maximum absolute atomic E-state index is 13.8. The lowest BCUT2D eigenvalue weighted by atomic mass is 10.0. The van der Waals surface area contributed by atoms with Gasteiger partial charge in [0, 0.05) is 22.7 Å². The lowest BCUT2D eigenvalue weighted by Crippen LogP contribution is -2.42. The standard InChI is InChI=1S/C18H15Cl2F2NO2/c1-10-2-3-11(21)6-12(10)18(24)23-4-5-25-17(9-23)13-7-16(22)15(20)8-14(13)19/h2-3,6-8,17H,4-5,9H2,1H3. The summed E-state index contributed by atoms with van der Waals surface area (Å²) in [6, 6.07) is 6.62. The number of hydrogen-bond donors (Lipinski definition) is 0. The first-order valence-electron chi connectivity index (χ1n) is 7.68. The van der Waals surface area contributed by atoms with Crippen molar-refractivity contribution in [3.8, 4) is 0 Å². The largest absolute Gasteiger partial charge is 0.370 e. The Balaban J connectivity index is 1.85. The van der Waals surface area contributed by atoms with Gasteiger partial charge in [0.1, 0.15) is 17.7 Å². The van der Waals surface area contributed by atoms with Crippen LogP contribution in [0.3, 0.4) is 0 Å². The predicted molar refractivity (Wildman–Crippen MR) is 92.2 cm³/mol. The number of hydrogen-bond acceptors (Lipinski definition) is 2. The van der Waals surface area contributed by atoms with Crippen LogP contribution in [0.5, 0.6) is 0 Å². The lowest BCUT2D eigenvalue weighted by Gasteiger charge is -2.34. The van der Waals surface area contributed by atoms with Crippen LogP contribution in [0.15, 0.2) is 30.3 Å². The first kappa shape index (κ1) is 18.1. The molecule has 1 atom stereocenters. The molecule has 0 aliphatic carbocycles. The summed E-state index contributed by atoms with van der Waals surface area (Å²) in [5, 5.41) is 0.195. The van der Waals surface area contributed by atoms with Crippen molar-refractivity contribution < 1.29 is 18.3 Å². The van der Waals surface area contributed by atoms with Gasteiger partial charge in [0.05, 0.1) is 18.2 Å². The second-order valence-corrected chi connectivity index (χ2v) is 6.67. The van der Waals surface area contributed by atoms with E-state index in [1.54, 1.807) is 17.9 Å². The molecule has 132 valence electrons. The molecular formula is C18H15Cl2F2NO2. The maximum atomic E-state index is 13.8. The highest BCUT2D eigenvalue weighted by molar-refractivity contribution is 6.35.